The molecule has 0 aromatic carbocycles. The molecular formula is C14H25ClN4O. The minimum Gasteiger partial charge on any atom is -0.373 e. The standard InChI is InChI=1S/C14H25ClN4O/c1-10-5-6-12(20-10)13(16-2)14-11(15)9-17-19(14)8-7-18(3)4/h9-10,12-13,16H,5-8H2,1-4H3. The van der Waals surface area contributed by atoms with Crippen LogP contribution >= 0.6 is 11.6 Å². The van der Waals surface area contributed by atoms with Gasteiger partial charge in [0, 0.05) is 6.54 Å². The van der Waals surface area contributed by atoms with E-state index in [2.05, 4.69) is 36.3 Å². The third-order valence-electron chi connectivity index (χ3n) is 3.83. The van der Waals surface area contributed by atoms with Gasteiger partial charge in [-0.2, -0.15) is 5.10 Å². The number of likely N-dealkylation sites (N-methyl/N-ethyl adjacent to an activating group) is 2. The summed E-state index contributed by atoms with van der Waals surface area (Å²) in [6.07, 6.45) is 4.39. The summed E-state index contributed by atoms with van der Waals surface area (Å²) in [5, 5.41) is 8.48. The molecule has 114 valence electrons. The monoisotopic (exact) mass is 300 g/mol. The lowest BCUT2D eigenvalue weighted by Crippen LogP contribution is -2.32. The highest BCUT2D eigenvalue weighted by Crippen LogP contribution is 2.33. The second-order valence-electron chi connectivity index (χ2n) is 5.73. The Hall–Kier alpha value is -0.620. The molecule has 1 aliphatic rings. The van der Waals surface area contributed by atoms with Crippen LogP contribution in [0.4, 0.5) is 0 Å². The largest absolute Gasteiger partial charge is 0.373 e. The Labute approximate surface area is 126 Å². The van der Waals surface area contributed by atoms with Gasteiger partial charge in [-0.05, 0) is 40.9 Å². The van der Waals surface area contributed by atoms with Crippen molar-refractivity contribution in [2.75, 3.05) is 27.7 Å². The Morgan fingerprint density at radius 1 is 1.55 bits per heavy atom. The van der Waals surface area contributed by atoms with Crippen LogP contribution in [0.2, 0.25) is 5.02 Å². The molecule has 1 saturated heterocycles. The fourth-order valence-corrected chi connectivity index (χ4v) is 2.99. The Balaban J connectivity index is 2.18. The second kappa shape index (κ2) is 6.89. The highest BCUT2D eigenvalue weighted by atomic mass is 35.5. The van der Waals surface area contributed by atoms with Crippen LogP contribution in [0.3, 0.4) is 0 Å². The van der Waals surface area contributed by atoms with Gasteiger partial charge in [0.25, 0.3) is 0 Å². The van der Waals surface area contributed by atoms with Crippen molar-refractivity contribution in [2.45, 2.75) is 44.6 Å². The molecule has 20 heavy (non-hydrogen) atoms. The maximum Gasteiger partial charge on any atom is 0.0835 e. The van der Waals surface area contributed by atoms with Crippen LogP contribution in [-0.4, -0.2) is 54.6 Å². The molecule has 1 aromatic rings. The van der Waals surface area contributed by atoms with E-state index in [1.807, 2.05) is 11.7 Å². The quantitative estimate of drug-likeness (QED) is 0.872. The molecular weight excluding hydrogens is 276 g/mol. The number of ether oxygens (including phenoxy) is 1. The van der Waals surface area contributed by atoms with Crippen molar-refractivity contribution in [3.8, 4) is 0 Å². The average molecular weight is 301 g/mol. The van der Waals surface area contributed by atoms with Crippen LogP contribution in [0, 0.1) is 0 Å². The van der Waals surface area contributed by atoms with Crippen LogP contribution < -0.4 is 5.32 Å². The first-order valence-corrected chi connectivity index (χ1v) is 7.59. The van der Waals surface area contributed by atoms with Gasteiger partial charge in [-0.15, -0.1) is 0 Å². The van der Waals surface area contributed by atoms with Crippen LogP contribution in [0.5, 0.6) is 0 Å². The number of rotatable bonds is 6. The van der Waals surface area contributed by atoms with E-state index in [4.69, 9.17) is 16.3 Å². The highest BCUT2D eigenvalue weighted by Gasteiger charge is 2.33. The number of nitrogens with zero attached hydrogens (tertiary/aromatic N) is 3. The third-order valence-corrected chi connectivity index (χ3v) is 4.13. The number of hydrogen-bond acceptors (Lipinski definition) is 4. The van der Waals surface area contributed by atoms with Gasteiger partial charge in [0.05, 0.1) is 41.7 Å². The predicted octanol–water partition coefficient (Wildman–Crippen LogP) is 1.93. The molecule has 0 amide bonds. The van der Waals surface area contributed by atoms with E-state index >= 15 is 0 Å². The molecule has 2 rings (SSSR count). The molecule has 5 nitrogen and oxygen atoms in total. The van der Waals surface area contributed by atoms with Gasteiger partial charge in [-0.1, -0.05) is 11.6 Å². The van der Waals surface area contributed by atoms with E-state index in [1.54, 1.807) is 6.20 Å². The molecule has 0 saturated carbocycles. The van der Waals surface area contributed by atoms with Gasteiger partial charge in [0.1, 0.15) is 0 Å². The molecule has 1 N–H and O–H groups in total. The molecule has 0 radical (unpaired) electrons. The van der Waals surface area contributed by atoms with Crippen molar-refractivity contribution in [1.82, 2.24) is 20.0 Å². The van der Waals surface area contributed by atoms with Crippen LogP contribution in [-0.2, 0) is 11.3 Å². The van der Waals surface area contributed by atoms with Gasteiger partial charge in [0.15, 0.2) is 0 Å². The van der Waals surface area contributed by atoms with Crippen molar-refractivity contribution in [3.63, 3.8) is 0 Å². The van der Waals surface area contributed by atoms with Crippen molar-refractivity contribution < 1.29 is 4.74 Å². The van der Waals surface area contributed by atoms with Crippen LogP contribution in [0.25, 0.3) is 0 Å². The Kier molecular flexibility index (Phi) is 5.43. The molecule has 1 fully saturated rings. The summed E-state index contributed by atoms with van der Waals surface area (Å²) in [5.74, 6) is 0. The molecule has 0 bridgehead atoms. The van der Waals surface area contributed by atoms with Gasteiger partial charge in [0.2, 0.25) is 0 Å². The molecule has 1 aliphatic heterocycles. The van der Waals surface area contributed by atoms with E-state index in [0.717, 1.165) is 31.6 Å². The van der Waals surface area contributed by atoms with Gasteiger partial charge in [-0.25, -0.2) is 0 Å². The zero-order chi connectivity index (χ0) is 14.7. The second-order valence-corrected chi connectivity index (χ2v) is 6.14. The van der Waals surface area contributed by atoms with E-state index in [0.29, 0.717) is 11.1 Å². The Morgan fingerprint density at radius 2 is 2.30 bits per heavy atom. The fraction of sp³-hybridized carbons (Fsp3) is 0.786. The maximum atomic E-state index is 6.36. The van der Waals surface area contributed by atoms with Gasteiger partial charge in [-0.3, -0.25) is 4.68 Å². The summed E-state index contributed by atoms with van der Waals surface area (Å²) in [6.45, 7) is 3.89. The summed E-state index contributed by atoms with van der Waals surface area (Å²) in [5.41, 5.74) is 1.04. The molecule has 6 heteroatoms. The molecule has 0 aliphatic carbocycles. The van der Waals surface area contributed by atoms with Crippen LogP contribution in [0.1, 0.15) is 31.5 Å². The average Bonchev–Trinajstić information content (AvgIpc) is 2.97. The van der Waals surface area contributed by atoms with Crippen LogP contribution in [0.15, 0.2) is 6.20 Å². The zero-order valence-corrected chi connectivity index (χ0v) is 13.5. The zero-order valence-electron chi connectivity index (χ0n) is 12.8. The lowest BCUT2D eigenvalue weighted by molar-refractivity contribution is 0.0313. The number of halogens is 1. The van der Waals surface area contributed by atoms with Gasteiger partial charge >= 0.3 is 0 Å². The van der Waals surface area contributed by atoms with Crippen molar-refractivity contribution in [3.05, 3.63) is 16.9 Å². The SMILES string of the molecule is CNC(c1c(Cl)cnn1CCN(C)C)C1CCC(C)O1. The number of nitrogens with one attached hydrogen (secondary N) is 1. The molecule has 1 aromatic heterocycles. The lowest BCUT2D eigenvalue weighted by Gasteiger charge is -2.25. The third kappa shape index (κ3) is 3.52. The summed E-state index contributed by atoms with van der Waals surface area (Å²) in [7, 11) is 6.07. The normalized spacial score (nSPS) is 24.5. The highest BCUT2D eigenvalue weighted by molar-refractivity contribution is 6.31. The Bertz CT molecular complexity index is 435. The van der Waals surface area contributed by atoms with E-state index in [-0.39, 0.29) is 12.1 Å². The van der Waals surface area contributed by atoms with Crippen molar-refractivity contribution in [1.29, 1.82) is 0 Å². The van der Waals surface area contributed by atoms with Crippen molar-refractivity contribution >= 4 is 11.6 Å². The minimum atomic E-state index is 0.0945. The molecule has 0 spiro atoms. The minimum absolute atomic E-state index is 0.0945. The Morgan fingerprint density at radius 3 is 2.85 bits per heavy atom. The summed E-state index contributed by atoms with van der Waals surface area (Å²) >= 11 is 6.36. The first-order chi connectivity index (χ1) is 9.52. The maximum absolute atomic E-state index is 6.36. The van der Waals surface area contributed by atoms with E-state index < -0.39 is 0 Å². The fourth-order valence-electron chi connectivity index (χ4n) is 2.73. The topological polar surface area (TPSA) is 42.3 Å². The summed E-state index contributed by atoms with van der Waals surface area (Å²) < 4.78 is 8.00. The first kappa shape index (κ1) is 15.8. The summed E-state index contributed by atoms with van der Waals surface area (Å²) in [4.78, 5) is 2.14. The van der Waals surface area contributed by atoms with E-state index in [1.165, 1.54) is 0 Å². The first-order valence-electron chi connectivity index (χ1n) is 7.21. The number of aromatic nitrogens is 2. The molecule has 2 heterocycles. The predicted molar refractivity (Wildman–Crippen MR) is 81.2 cm³/mol. The molecule has 3 atom stereocenters. The van der Waals surface area contributed by atoms with Gasteiger partial charge < -0.3 is 15.0 Å². The van der Waals surface area contributed by atoms with E-state index in [9.17, 15) is 0 Å². The summed E-state index contributed by atoms with van der Waals surface area (Å²) in [6, 6.07) is 0.0945. The van der Waals surface area contributed by atoms with Crippen molar-refractivity contribution in [2.24, 2.45) is 0 Å². The smallest absolute Gasteiger partial charge is 0.0835 e. The number of hydrogen-bond donors (Lipinski definition) is 1. The molecule has 3 unspecified atom stereocenters. The lowest BCUT2D eigenvalue weighted by atomic mass is 10.0.